The number of rotatable bonds is 6. The van der Waals surface area contributed by atoms with Crippen molar-refractivity contribution in [3.8, 4) is 5.75 Å². The summed E-state index contributed by atoms with van der Waals surface area (Å²) in [7, 11) is 0. The van der Waals surface area contributed by atoms with Crippen molar-refractivity contribution in [2.45, 2.75) is 38.3 Å². The minimum Gasteiger partial charge on any atom is -0.481 e. The molecule has 3 rings (SSSR count). The van der Waals surface area contributed by atoms with E-state index in [4.69, 9.17) is 4.74 Å². The van der Waals surface area contributed by atoms with Gasteiger partial charge in [0.1, 0.15) is 5.75 Å². The number of ether oxygens (including phenoxy) is 1. The Kier molecular flexibility index (Phi) is 6.44. The van der Waals surface area contributed by atoms with Crippen LogP contribution in [0.3, 0.4) is 0 Å². The lowest BCUT2D eigenvalue weighted by atomic mass is 9.95. The Bertz CT molecular complexity index is 511. The van der Waals surface area contributed by atoms with Gasteiger partial charge in [0.2, 0.25) is 0 Å². The van der Waals surface area contributed by atoms with Crippen LogP contribution in [0, 0.1) is 5.92 Å². The Balaban J connectivity index is 1.36. The minimum atomic E-state index is -0.456. The van der Waals surface area contributed by atoms with Crippen LogP contribution in [-0.2, 0) is 4.79 Å². The SMILES string of the molecule is CC(Oc1ccccc1)C(=O)NCC1CCN(C2CCSC2)CC1. The van der Waals surface area contributed by atoms with Crippen molar-refractivity contribution in [2.24, 2.45) is 5.92 Å². The quantitative estimate of drug-likeness (QED) is 0.858. The molecular weight excluding hydrogens is 320 g/mol. The molecule has 5 heteroatoms. The van der Waals surface area contributed by atoms with Gasteiger partial charge in [0.25, 0.3) is 5.91 Å². The molecule has 0 spiro atoms. The van der Waals surface area contributed by atoms with Crippen LogP contribution in [0.1, 0.15) is 26.2 Å². The number of benzene rings is 1. The predicted octanol–water partition coefficient (Wildman–Crippen LogP) is 2.79. The Labute approximate surface area is 149 Å². The zero-order valence-electron chi connectivity index (χ0n) is 14.4. The average Bonchev–Trinajstić information content (AvgIpc) is 3.15. The number of nitrogens with zero attached hydrogens (tertiary/aromatic N) is 1. The third kappa shape index (κ3) is 4.90. The predicted molar refractivity (Wildman–Crippen MR) is 99.6 cm³/mol. The zero-order valence-corrected chi connectivity index (χ0v) is 15.3. The van der Waals surface area contributed by atoms with Crippen molar-refractivity contribution in [1.29, 1.82) is 0 Å². The molecule has 2 saturated heterocycles. The summed E-state index contributed by atoms with van der Waals surface area (Å²) < 4.78 is 5.68. The zero-order chi connectivity index (χ0) is 16.8. The molecule has 2 heterocycles. The number of likely N-dealkylation sites (tertiary alicyclic amines) is 1. The summed E-state index contributed by atoms with van der Waals surface area (Å²) in [5, 5.41) is 3.07. The van der Waals surface area contributed by atoms with E-state index in [-0.39, 0.29) is 5.91 Å². The van der Waals surface area contributed by atoms with Gasteiger partial charge >= 0.3 is 0 Å². The molecule has 0 saturated carbocycles. The standard InChI is InChI=1S/C19H28N2O2S/c1-15(23-18-5-3-2-4-6-18)19(22)20-13-16-7-10-21(11-8-16)17-9-12-24-14-17/h2-6,15-17H,7-14H2,1H3,(H,20,22). The van der Waals surface area contributed by atoms with E-state index >= 15 is 0 Å². The van der Waals surface area contributed by atoms with E-state index in [0.29, 0.717) is 5.92 Å². The lowest BCUT2D eigenvalue weighted by Crippen LogP contribution is -2.45. The Hall–Kier alpha value is -1.20. The first kappa shape index (κ1) is 17.6. The van der Waals surface area contributed by atoms with Gasteiger partial charge in [0.05, 0.1) is 0 Å². The summed E-state index contributed by atoms with van der Waals surface area (Å²) >= 11 is 2.08. The molecule has 0 bridgehead atoms. The molecule has 1 aromatic rings. The second kappa shape index (κ2) is 8.77. The van der Waals surface area contributed by atoms with Gasteiger partial charge in [0, 0.05) is 18.3 Å². The number of carbonyl (C=O) groups is 1. The molecule has 0 radical (unpaired) electrons. The lowest BCUT2D eigenvalue weighted by Gasteiger charge is -2.35. The van der Waals surface area contributed by atoms with E-state index in [0.717, 1.165) is 18.3 Å². The summed E-state index contributed by atoms with van der Waals surface area (Å²) in [6.07, 6.45) is 3.27. The van der Waals surface area contributed by atoms with Gasteiger partial charge in [-0.3, -0.25) is 9.69 Å². The van der Waals surface area contributed by atoms with Crippen molar-refractivity contribution in [3.63, 3.8) is 0 Å². The van der Waals surface area contributed by atoms with Crippen LogP contribution in [0.25, 0.3) is 0 Å². The molecule has 132 valence electrons. The topological polar surface area (TPSA) is 41.6 Å². The minimum absolute atomic E-state index is 0.0199. The molecule has 2 fully saturated rings. The Morgan fingerprint density at radius 2 is 2.04 bits per heavy atom. The first-order valence-corrected chi connectivity index (χ1v) is 10.2. The molecular formula is C19H28N2O2S. The second-order valence-electron chi connectivity index (χ2n) is 6.82. The molecule has 1 N–H and O–H groups in total. The first-order chi connectivity index (χ1) is 11.7. The Morgan fingerprint density at radius 3 is 2.71 bits per heavy atom. The van der Waals surface area contributed by atoms with Crippen LogP contribution in [-0.4, -0.2) is 54.1 Å². The smallest absolute Gasteiger partial charge is 0.260 e. The molecule has 0 aromatic heterocycles. The molecule has 1 aromatic carbocycles. The van der Waals surface area contributed by atoms with Crippen LogP contribution in [0.5, 0.6) is 5.75 Å². The van der Waals surface area contributed by atoms with Gasteiger partial charge in [0.15, 0.2) is 6.10 Å². The number of para-hydroxylation sites is 1. The van der Waals surface area contributed by atoms with Crippen LogP contribution < -0.4 is 10.1 Å². The highest BCUT2D eigenvalue weighted by atomic mass is 32.2. The monoisotopic (exact) mass is 348 g/mol. The van der Waals surface area contributed by atoms with Crippen molar-refractivity contribution in [1.82, 2.24) is 10.2 Å². The molecule has 0 aliphatic carbocycles. The number of hydrogen-bond acceptors (Lipinski definition) is 4. The van der Waals surface area contributed by atoms with Crippen molar-refractivity contribution < 1.29 is 9.53 Å². The molecule has 2 unspecified atom stereocenters. The molecule has 24 heavy (non-hydrogen) atoms. The fourth-order valence-corrected chi connectivity index (χ4v) is 4.73. The van der Waals surface area contributed by atoms with Crippen molar-refractivity contribution >= 4 is 17.7 Å². The third-order valence-electron chi connectivity index (χ3n) is 5.06. The van der Waals surface area contributed by atoms with Gasteiger partial charge < -0.3 is 10.1 Å². The second-order valence-corrected chi connectivity index (χ2v) is 7.96. The maximum atomic E-state index is 12.2. The molecule has 2 aliphatic rings. The highest BCUT2D eigenvalue weighted by molar-refractivity contribution is 7.99. The molecule has 2 atom stereocenters. The van der Waals surface area contributed by atoms with Gasteiger partial charge in [-0.25, -0.2) is 0 Å². The summed E-state index contributed by atoms with van der Waals surface area (Å²) in [6.45, 7) is 4.95. The number of amides is 1. The molecule has 4 nitrogen and oxygen atoms in total. The van der Waals surface area contributed by atoms with E-state index < -0.39 is 6.10 Å². The first-order valence-electron chi connectivity index (χ1n) is 9.03. The maximum Gasteiger partial charge on any atom is 0.260 e. The van der Waals surface area contributed by atoms with Crippen LogP contribution in [0.2, 0.25) is 0 Å². The number of thioether (sulfide) groups is 1. The highest BCUT2D eigenvalue weighted by Gasteiger charge is 2.27. The number of hydrogen-bond donors (Lipinski definition) is 1. The largest absolute Gasteiger partial charge is 0.481 e. The van der Waals surface area contributed by atoms with Gasteiger partial charge in [-0.1, -0.05) is 18.2 Å². The summed E-state index contributed by atoms with van der Waals surface area (Å²) in [5.41, 5.74) is 0. The van der Waals surface area contributed by atoms with Crippen molar-refractivity contribution in [3.05, 3.63) is 30.3 Å². The number of carbonyl (C=O) groups excluding carboxylic acids is 1. The van der Waals surface area contributed by atoms with Gasteiger partial charge in [-0.2, -0.15) is 11.8 Å². The van der Waals surface area contributed by atoms with Gasteiger partial charge in [-0.15, -0.1) is 0 Å². The average molecular weight is 349 g/mol. The van der Waals surface area contributed by atoms with E-state index in [1.807, 2.05) is 37.3 Å². The summed E-state index contributed by atoms with van der Waals surface area (Å²) in [6, 6.07) is 10.3. The van der Waals surface area contributed by atoms with Gasteiger partial charge in [-0.05, 0) is 63.1 Å². The molecule has 2 aliphatic heterocycles. The number of piperidine rings is 1. The summed E-state index contributed by atoms with van der Waals surface area (Å²) in [5.74, 6) is 3.94. The van der Waals surface area contributed by atoms with Crippen molar-refractivity contribution in [2.75, 3.05) is 31.1 Å². The molecule has 1 amide bonds. The van der Waals surface area contributed by atoms with E-state index in [2.05, 4.69) is 22.0 Å². The van der Waals surface area contributed by atoms with Crippen LogP contribution in [0.15, 0.2) is 30.3 Å². The summed E-state index contributed by atoms with van der Waals surface area (Å²) in [4.78, 5) is 14.9. The van der Waals surface area contributed by atoms with E-state index in [9.17, 15) is 4.79 Å². The normalized spacial score (nSPS) is 23.8. The van der Waals surface area contributed by atoms with E-state index in [1.54, 1.807) is 0 Å². The Morgan fingerprint density at radius 1 is 1.29 bits per heavy atom. The highest BCUT2D eigenvalue weighted by Crippen LogP contribution is 2.26. The van der Waals surface area contributed by atoms with Crippen LogP contribution in [0.4, 0.5) is 0 Å². The lowest BCUT2D eigenvalue weighted by molar-refractivity contribution is -0.127. The van der Waals surface area contributed by atoms with E-state index in [1.165, 1.54) is 43.9 Å². The fourth-order valence-electron chi connectivity index (χ4n) is 3.48. The van der Waals surface area contributed by atoms with Crippen LogP contribution >= 0.6 is 11.8 Å². The fraction of sp³-hybridized carbons (Fsp3) is 0.632. The third-order valence-corrected chi connectivity index (χ3v) is 6.21. The number of nitrogens with one attached hydrogen (secondary N) is 1. The maximum absolute atomic E-state index is 12.2.